The normalized spacial score (nSPS) is 22.0. The van der Waals surface area contributed by atoms with Gasteiger partial charge < -0.3 is 14.0 Å². The van der Waals surface area contributed by atoms with E-state index in [4.69, 9.17) is 9.47 Å². The maximum Gasteiger partial charge on any atom is 0.406 e. The summed E-state index contributed by atoms with van der Waals surface area (Å²) in [4.78, 5) is 20.5. The summed E-state index contributed by atoms with van der Waals surface area (Å²) in [5.41, 5.74) is 2.57. The van der Waals surface area contributed by atoms with Gasteiger partial charge >= 0.3 is 6.18 Å². The van der Waals surface area contributed by atoms with Gasteiger partial charge in [0.1, 0.15) is 12.4 Å². The van der Waals surface area contributed by atoms with Crippen LogP contribution in [0.2, 0.25) is 0 Å². The number of ether oxygens (including phenoxy) is 2. The average Bonchev–Trinajstić information content (AvgIpc) is 3.47. The van der Waals surface area contributed by atoms with Crippen molar-refractivity contribution in [1.29, 1.82) is 0 Å². The summed E-state index contributed by atoms with van der Waals surface area (Å²) in [6.07, 6.45) is 5.21. The molecule has 1 fully saturated rings. The SMILES string of the molecule is COC1=CC=C(C2C(C)C2COc2nc(C)ncc2-c2ccc(=O)n(CC(F)(F)F)c2)C(C)=CC1. The first-order valence-electron chi connectivity index (χ1n) is 11.4. The highest BCUT2D eigenvalue weighted by Gasteiger charge is 2.49. The van der Waals surface area contributed by atoms with E-state index in [-0.39, 0.29) is 11.8 Å². The van der Waals surface area contributed by atoms with Crippen molar-refractivity contribution >= 4 is 0 Å². The van der Waals surface area contributed by atoms with E-state index in [1.807, 2.05) is 6.08 Å². The number of hydrogen-bond acceptors (Lipinski definition) is 5. The van der Waals surface area contributed by atoms with Crippen molar-refractivity contribution in [2.75, 3.05) is 13.7 Å². The van der Waals surface area contributed by atoms with Gasteiger partial charge in [-0.2, -0.15) is 18.2 Å². The summed E-state index contributed by atoms with van der Waals surface area (Å²) < 4.78 is 50.8. The lowest BCUT2D eigenvalue weighted by Gasteiger charge is -2.14. The van der Waals surface area contributed by atoms with Crippen LogP contribution in [-0.4, -0.2) is 34.4 Å². The van der Waals surface area contributed by atoms with Gasteiger partial charge in [0.25, 0.3) is 5.56 Å². The highest BCUT2D eigenvalue weighted by Crippen LogP contribution is 2.53. The van der Waals surface area contributed by atoms with Gasteiger partial charge in [-0.3, -0.25) is 4.79 Å². The lowest BCUT2D eigenvalue weighted by atomic mass is 10.0. The second-order valence-electron chi connectivity index (χ2n) is 9.05. The standard InChI is InChI=1S/C26H28F3N3O3/c1-15-5-7-19(34-4)8-9-20(15)24-16(2)22(24)13-35-25-21(11-30-17(3)31-25)18-6-10-23(33)32(12-18)14-26(27,28)29/h5-6,8-12,16,22,24H,7,13-14H2,1-4H3. The molecule has 0 aromatic carbocycles. The minimum atomic E-state index is -4.51. The van der Waals surface area contributed by atoms with E-state index in [1.54, 1.807) is 14.0 Å². The number of aryl methyl sites for hydroxylation is 1. The van der Waals surface area contributed by atoms with Gasteiger partial charge in [-0.15, -0.1) is 0 Å². The van der Waals surface area contributed by atoms with Crippen LogP contribution in [0, 0.1) is 24.7 Å². The van der Waals surface area contributed by atoms with Gasteiger partial charge in [-0.25, -0.2) is 4.98 Å². The number of methoxy groups -OCH3 is 1. The van der Waals surface area contributed by atoms with Gasteiger partial charge in [0, 0.05) is 36.4 Å². The predicted octanol–water partition coefficient (Wildman–Crippen LogP) is 5.24. The first-order chi connectivity index (χ1) is 16.6. The summed E-state index contributed by atoms with van der Waals surface area (Å²) in [6, 6.07) is 2.57. The van der Waals surface area contributed by atoms with Crippen molar-refractivity contribution in [1.82, 2.24) is 14.5 Å². The zero-order valence-corrected chi connectivity index (χ0v) is 20.1. The molecule has 6 nitrogen and oxygen atoms in total. The Morgan fingerprint density at radius 2 is 1.97 bits per heavy atom. The fourth-order valence-electron chi connectivity index (χ4n) is 4.53. The van der Waals surface area contributed by atoms with Crippen molar-refractivity contribution in [2.45, 2.75) is 39.9 Å². The molecule has 0 saturated heterocycles. The van der Waals surface area contributed by atoms with E-state index in [0.29, 0.717) is 40.0 Å². The molecule has 3 atom stereocenters. The van der Waals surface area contributed by atoms with Gasteiger partial charge in [0.15, 0.2) is 0 Å². The van der Waals surface area contributed by atoms with Crippen LogP contribution in [0.3, 0.4) is 0 Å². The van der Waals surface area contributed by atoms with Crippen LogP contribution in [0.15, 0.2) is 64.5 Å². The van der Waals surface area contributed by atoms with Crippen LogP contribution in [0.1, 0.15) is 26.1 Å². The maximum atomic E-state index is 12.9. The fourth-order valence-corrected chi connectivity index (χ4v) is 4.53. The number of aromatic nitrogens is 3. The molecular weight excluding hydrogens is 459 g/mol. The molecule has 0 N–H and O–H groups in total. The third-order valence-corrected chi connectivity index (χ3v) is 6.63. The lowest BCUT2D eigenvalue weighted by Crippen LogP contribution is -2.27. The van der Waals surface area contributed by atoms with E-state index in [2.05, 4.69) is 36.0 Å². The van der Waals surface area contributed by atoms with Crippen LogP contribution in [-0.2, 0) is 11.3 Å². The number of halogens is 3. The Morgan fingerprint density at radius 3 is 2.69 bits per heavy atom. The van der Waals surface area contributed by atoms with E-state index >= 15 is 0 Å². The Bertz CT molecular complexity index is 1260. The van der Waals surface area contributed by atoms with Gasteiger partial charge in [-0.1, -0.05) is 24.6 Å². The van der Waals surface area contributed by atoms with Crippen LogP contribution in [0.25, 0.3) is 11.1 Å². The van der Waals surface area contributed by atoms with Gasteiger partial charge in [-0.05, 0) is 43.4 Å². The second-order valence-corrected chi connectivity index (χ2v) is 9.05. The Morgan fingerprint density at radius 1 is 1.20 bits per heavy atom. The predicted molar refractivity (Wildman–Crippen MR) is 126 cm³/mol. The monoisotopic (exact) mass is 487 g/mol. The number of nitrogens with zero attached hydrogens (tertiary/aromatic N) is 3. The lowest BCUT2D eigenvalue weighted by molar-refractivity contribution is -0.141. The number of allylic oxidation sites excluding steroid dienone is 5. The number of alkyl halides is 3. The minimum Gasteiger partial charge on any atom is -0.501 e. The van der Waals surface area contributed by atoms with Crippen LogP contribution >= 0.6 is 0 Å². The van der Waals surface area contributed by atoms with Crippen molar-refractivity contribution in [2.24, 2.45) is 17.8 Å². The smallest absolute Gasteiger partial charge is 0.406 e. The first kappa shape index (κ1) is 24.8. The quantitative estimate of drug-likeness (QED) is 0.534. The van der Waals surface area contributed by atoms with Crippen LogP contribution < -0.4 is 10.3 Å². The zero-order valence-electron chi connectivity index (χ0n) is 20.1. The molecule has 0 radical (unpaired) electrons. The molecule has 2 aliphatic carbocycles. The van der Waals surface area contributed by atoms with E-state index in [0.717, 1.165) is 18.2 Å². The molecule has 3 unspecified atom stereocenters. The highest BCUT2D eigenvalue weighted by molar-refractivity contribution is 5.66. The van der Waals surface area contributed by atoms with Crippen LogP contribution in [0.5, 0.6) is 5.88 Å². The molecule has 2 aromatic heterocycles. The Balaban J connectivity index is 1.55. The molecule has 0 amide bonds. The minimum absolute atomic E-state index is 0.268. The van der Waals surface area contributed by atoms with Crippen LogP contribution in [0.4, 0.5) is 13.2 Å². The maximum absolute atomic E-state index is 12.9. The molecular formula is C26H28F3N3O3. The molecule has 186 valence electrons. The molecule has 2 aliphatic rings. The van der Waals surface area contributed by atoms with Crippen molar-refractivity contribution in [3.05, 3.63) is 75.8 Å². The topological polar surface area (TPSA) is 66.2 Å². The molecule has 2 heterocycles. The molecule has 35 heavy (non-hydrogen) atoms. The van der Waals surface area contributed by atoms with Crippen molar-refractivity contribution in [3.8, 4) is 17.0 Å². The molecule has 2 aromatic rings. The van der Waals surface area contributed by atoms with Gasteiger partial charge in [0.05, 0.1) is 25.0 Å². The number of hydrogen-bond donors (Lipinski definition) is 0. The number of pyridine rings is 1. The molecule has 1 saturated carbocycles. The third kappa shape index (κ3) is 5.66. The zero-order chi connectivity index (χ0) is 25.3. The van der Waals surface area contributed by atoms with Crippen molar-refractivity contribution in [3.63, 3.8) is 0 Å². The molecule has 0 bridgehead atoms. The van der Waals surface area contributed by atoms with Gasteiger partial charge in [0.2, 0.25) is 5.88 Å². The molecule has 4 rings (SSSR count). The molecule has 9 heteroatoms. The Labute approximate surface area is 201 Å². The molecule has 0 spiro atoms. The Kier molecular flexibility index (Phi) is 6.87. The highest BCUT2D eigenvalue weighted by atomic mass is 19.4. The summed E-state index contributed by atoms with van der Waals surface area (Å²) in [5, 5.41) is 0. The number of rotatable bonds is 7. The van der Waals surface area contributed by atoms with Crippen molar-refractivity contribution < 1.29 is 22.6 Å². The average molecular weight is 488 g/mol. The summed E-state index contributed by atoms with van der Waals surface area (Å²) in [6.45, 7) is 5.03. The van der Waals surface area contributed by atoms with E-state index < -0.39 is 18.3 Å². The summed E-state index contributed by atoms with van der Waals surface area (Å²) in [7, 11) is 1.67. The van der Waals surface area contributed by atoms with E-state index in [1.165, 1.54) is 29.6 Å². The second kappa shape index (κ2) is 9.71. The van der Waals surface area contributed by atoms with E-state index in [9.17, 15) is 18.0 Å². The molecule has 0 aliphatic heterocycles. The first-order valence-corrected chi connectivity index (χ1v) is 11.4. The summed E-state index contributed by atoms with van der Waals surface area (Å²) >= 11 is 0. The largest absolute Gasteiger partial charge is 0.501 e. The fraction of sp³-hybridized carbons (Fsp3) is 0.423. The summed E-state index contributed by atoms with van der Waals surface area (Å²) in [5.74, 6) is 2.69. The Hall–Kier alpha value is -3.36. The third-order valence-electron chi connectivity index (χ3n) is 6.63.